The molecule has 0 spiro atoms. The highest BCUT2D eigenvalue weighted by Gasteiger charge is 2.22. The van der Waals surface area contributed by atoms with E-state index in [-0.39, 0.29) is 5.25 Å². The summed E-state index contributed by atoms with van der Waals surface area (Å²) in [5, 5.41) is -0.149. The Kier molecular flexibility index (Phi) is 2.75. The van der Waals surface area contributed by atoms with Gasteiger partial charge in [0.2, 0.25) is 0 Å². The van der Waals surface area contributed by atoms with Crippen molar-refractivity contribution >= 4 is 25.8 Å². The summed E-state index contributed by atoms with van der Waals surface area (Å²) in [6, 6.07) is 0. The van der Waals surface area contributed by atoms with Crippen LogP contribution < -0.4 is 0 Å². The van der Waals surface area contributed by atoms with Gasteiger partial charge in [-0.2, -0.15) is 0 Å². The Labute approximate surface area is 75.7 Å². The summed E-state index contributed by atoms with van der Waals surface area (Å²) in [6.45, 7) is 0. The Morgan fingerprint density at radius 2 is 2.27 bits per heavy atom. The first-order valence-electron chi connectivity index (χ1n) is 3.53. The van der Waals surface area contributed by atoms with Crippen molar-refractivity contribution in [2.24, 2.45) is 0 Å². The van der Waals surface area contributed by atoms with Gasteiger partial charge in [-0.05, 0) is 23.7 Å². The van der Waals surface area contributed by atoms with Gasteiger partial charge in [0.25, 0.3) is 0 Å². The highest BCUT2D eigenvalue weighted by molar-refractivity contribution is 9.11. The number of hydrogen-bond donors (Lipinski definition) is 0. The van der Waals surface area contributed by atoms with Crippen LogP contribution in [-0.2, 0) is 9.84 Å². The van der Waals surface area contributed by atoms with Gasteiger partial charge in [-0.25, -0.2) is 8.42 Å². The maximum Gasteiger partial charge on any atom is 0.150 e. The predicted octanol–water partition coefficient (Wildman–Crippen LogP) is 1.86. The van der Waals surface area contributed by atoms with Crippen molar-refractivity contribution in [1.29, 1.82) is 0 Å². The fourth-order valence-corrected chi connectivity index (χ4v) is 2.57. The number of rotatable bonds is 1. The highest BCUT2D eigenvalue weighted by atomic mass is 79.9. The Hall–Kier alpha value is 0.170. The lowest BCUT2D eigenvalue weighted by Gasteiger charge is -2.17. The molecule has 4 heteroatoms. The molecule has 2 nitrogen and oxygen atoms in total. The van der Waals surface area contributed by atoms with Gasteiger partial charge < -0.3 is 0 Å². The molecule has 1 unspecified atom stereocenters. The minimum absolute atomic E-state index is 0.149. The van der Waals surface area contributed by atoms with Crippen LogP contribution in [0.3, 0.4) is 0 Å². The van der Waals surface area contributed by atoms with Crippen LogP contribution in [0.15, 0.2) is 10.6 Å². The second kappa shape index (κ2) is 3.27. The molecule has 0 saturated heterocycles. The standard InChI is InChI=1S/C7H11BrO2S/c1-11(9,10)7-4-2-6(8)3-5-7/h2,7H,3-5H2,1H3. The van der Waals surface area contributed by atoms with Crippen LogP contribution in [0.4, 0.5) is 0 Å². The van der Waals surface area contributed by atoms with Crippen molar-refractivity contribution in [3.8, 4) is 0 Å². The molecule has 64 valence electrons. The third-order valence-corrected chi connectivity index (χ3v) is 4.27. The van der Waals surface area contributed by atoms with E-state index in [0.717, 1.165) is 17.3 Å². The Morgan fingerprint density at radius 1 is 1.64 bits per heavy atom. The highest BCUT2D eigenvalue weighted by Crippen LogP contribution is 2.26. The van der Waals surface area contributed by atoms with Crippen LogP contribution >= 0.6 is 15.9 Å². The molecule has 0 amide bonds. The molecule has 0 saturated carbocycles. The van der Waals surface area contributed by atoms with E-state index in [1.165, 1.54) is 6.26 Å². The molecule has 1 rings (SSSR count). The fraction of sp³-hybridized carbons (Fsp3) is 0.714. The number of sulfone groups is 1. The number of hydrogen-bond acceptors (Lipinski definition) is 2. The molecule has 0 heterocycles. The van der Waals surface area contributed by atoms with Crippen LogP contribution in [0.5, 0.6) is 0 Å². The number of halogens is 1. The van der Waals surface area contributed by atoms with E-state index in [9.17, 15) is 8.42 Å². The van der Waals surface area contributed by atoms with Crippen molar-refractivity contribution < 1.29 is 8.42 Å². The zero-order chi connectivity index (χ0) is 8.48. The SMILES string of the molecule is CS(=O)(=O)C1CC=C(Br)CC1. The topological polar surface area (TPSA) is 34.1 Å². The van der Waals surface area contributed by atoms with Crippen LogP contribution in [0.1, 0.15) is 19.3 Å². The zero-order valence-electron chi connectivity index (χ0n) is 6.38. The third-order valence-electron chi connectivity index (χ3n) is 1.91. The quantitative estimate of drug-likeness (QED) is 0.699. The van der Waals surface area contributed by atoms with E-state index < -0.39 is 9.84 Å². The molecule has 0 bridgehead atoms. The maximum atomic E-state index is 11.0. The molecule has 1 atom stereocenters. The lowest BCUT2D eigenvalue weighted by atomic mass is 10.1. The number of allylic oxidation sites excluding steroid dienone is 2. The second-order valence-corrected chi connectivity index (χ2v) is 6.22. The minimum atomic E-state index is -2.81. The average Bonchev–Trinajstić information content (AvgIpc) is 1.86. The van der Waals surface area contributed by atoms with Crippen LogP contribution in [-0.4, -0.2) is 19.9 Å². The molecule has 0 radical (unpaired) electrons. The minimum Gasteiger partial charge on any atom is -0.229 e. The summed E-state index contributed by atoms with van der Waals surface area (Å²) in [5.74, 6) is 0. The third kappa shape index (κ3) is 2.60. The molecular formula is C7H11BrO2S. The first-order chi connectivity index (χ1) is 5.00. The summed E-state index contributed by atoms with van der Waals surface area (Å²) in [4.78, 5) is 0. The van der Waals surface area contributed by atoms with Gasteiger partial charge in [0.1, 0.15) is 0 Å². The van der Waals surface area contributed by atoms with Crippen molar-refractivity contribution in [3.63, 3.8) is 0 Å². The smallest absolute Gasteiger partial charge is 0.150 e. The Bertz CT molecular complexity index is 266. The zero-order valence-corrected chi connectivity index (χ0v) is 8.78. The van der Waals surface area contributed by atoms with E-state index in [0.29, 0.717) is 6.42 Å². The molecule has 0 N–H and O–H groups in total. The van der Waals surface area contributed by atoms with Gasteiger partial charge in [-0.15, -0.1) is 0 Å². The van der Waals surface area contributed by atoms with E-state index >= 15 is 0 Å². The second-order valence-electron chi connectivity index (χ2n) is 2.88. The summed E-state index contributed by atoms with van der Waals surface area (Å²) >= 11 is 3.35. The van der Waals surface area contributed by atoms with Gasteiger partial charge in [-0.3, -0.25) is 0 Å². The Morgan fingerprint density at radius 3 is 2.64 bits per heavy atom. The molecule has 0 fully saturated rings. The lowest BCUT2D eigenvalue weighted by Crippen LogP contribution is -2.21. The van der Waals surface area contributed by atoms with Gasteiger partial charge in [0.05, 0.1) is 5.25 Å². The van der Waals surface area contributed by atoms with E-state index in [4.69, 9.17) is 0 Å². The monoisotopic (exact) mass is 238 g/mol. The van der Waals surface area contributed by atoms with Crippen molar-refractivity contribution in [1.82, 2.24) is 0 Å². The molecule has 1 aliphatic rings. The molecule has 11 heavy (non-hydrogen) atoms. The fourth-order valence-electron chi connectivity index (χ4n) is 1.17. The lowest BCUT2D eigenvalue weighted by molar-refractivity contribution is 0.573. The van der Waals surface area contributed by atoms with Gasteiger partial charge in [0, 0.05) is 6.26 Å². The average molecular weight is 239 g/mol. The van der Waals surface area contributed by atoms with Crippen molar-refractivity contribution in [2.45, 2.75) is 24.5 Å². The molecular weight excluding hydrogens is 228 g/mol. The Balaban J connectivity index is 2.69. The van der Waals surface area contributed by atoms with E-state index in [2.05, 4.69) is 15.9 Å². The summed E-state index contributed by atoms with van der Waals surface area (Å²) in [6.07, 6.45) is 5.55. The van der Waals surface area contributed by atoms with E-state index in [1.807, 2.05) is 6.08 Å². The van der Waals surface area contributed by atoms with E-state index in [1.54, 1.807) is 0 Å². The molecule has 0 aromatic heterocycles. The summed E-state index contributed by atoms with van der Waals surface area (Å²) in [7, 11) is -2.81. The van der Waals surface area contributed by atoms with Crippen LogP contribution in [0.25, 0.3) is 0 Å². The summed E-state index contributed by atoms with van der Waals surface area (Å²) < 4.78 is 23.2. The normalized spacial score (nSPS) is 26.4. The predicted molar refractivity (Wildman–Crippen MR) is 49.5 cm³/mol. The van der Waals surface area contributed by atoms with Crippen LogP contribution in [0.2, 0.25) is 0 Å². The van der Waals surface area contributed by atoms with Crippen molar-refractivity contribution in [2.75, 3.05) is 6.26 Å². The maximum absolute atomic E-state index is 11.0. The molecule has 1 aliphatic carbocycles. The first kappa shape index (κ1) is 9.26. The molecule has 0 aromatic rings. The molecule has 0 aromatic carbocycles. The largest absolute Gasteiger partial charge is 0.229 e. The molecule has 0 aliphatic heterocycles. The van der Waals surface area contributed by atoms with Crippen LogP contribution in [0, 0.1) is 0 Å². The summed E-state index contributed by atoms with van der Waals surface area (Å²) in [5.41, 5.74) is 0. The van der Waals surface area contributed by atoms with Crippen molar-refractivity contribution in [3.05, 3.63) is 10.6 Å². The first-order valence-corrected chi connectivity index (χ1v) is 6.28. The van der Waals surface area contributed by atoms with Gasteiger partial charge in [0.15, 0.2) is 9.84 Å². The van der Waals surface area contributed by atoms with Gasteiger partial charge in [-0.1, -0.05) is 22.0 Å². The van der Waals surface area contributed by atoms with Gasteiger partial charge >= 0.3 is 0 Å².